The minimum absolute atomic E-state index is 0.0537. The molecule has 0 radical (unpaired) electrons. The zero-order valence-electron chi connectivity index (χ0n) is 19.7. The van der Waals surface area contributed by atoms with Crippen LogP contribution in [0.15, 0.2) is 30.3 Å². The Labute approximate surface area is 189 Å². The normalized spacial score (nSPS) is 13.8. The number of amides is 3. The van der Waals surface area contributed by atoms with Crippen LogP contribution in [0.2, 0.25) is 0 Å². The molecule has 0 aromatic heterocycles. The van der Waals surface area contributed by atoms with E-state index in [0.717, 1.165) is 5.56 Å². The molecule has 0 aliphatic heterocycles. The quantitative estimate of drug-likeness (QED) is 0.290. The van der Waals surface area contributed by atoms with Crippen LogP contribution in [0.25, 0.3) is 0 Å². The van der Waals surface area contributed by atoms with Crippen LogP contribution in [-0.4, -0.2) is 59.4 Å². The van der Waals surface area contributed by atoms with E-state index in [-0.39, 0.29) is 19.8 Å². The van der Waals surface area contributed by atoms with E-state index in [9.17, 15) is 14.4 Å². The van der Waals surface area contributed by atoms with Crippen molar-refractivity contribution in [1.29, 1.82) is 0 Å². The summed E-state index contributed by atoms with van der Waals surface area (Å²) in [6.45, 7) is 10.5. The number of hydrogen-bond acceptors (Lipinski definition) is 8. The van der Waals surface area contributed by atoms with Gasteiger partial charge in [0.2, 0.25) is 5.91 Å². The van der Waals surface area contributed by atoms with Gasteiger partial charge in [-0.2, -0.15) is 5.01 Å². The van der Waals surface area contributed by atoms with Gasteiger partial charge in [0, 0.05) is 0 Å². The molecule has 10 nitrogen and oxygen atoms in total. The van der Waals surface area contributed by atoms with E-state index in [1.807, 2.05) is 26.8 Å². The van der Waals surface area contributed by atoms with E-state index in [4.69, 9.17) is 25.8 Å². The maximum Gasteiger partial charge on any atom is 0.431 e. The second-order valence-corrected chi connectivity index (χ2v) is 9.26. The van der Waals surface area contributed by atoms with Crippen LogP contribution in [0, 0.1) is 0 Å². The van der Waals surface area contributed by atoms with Gasteiger partial charge in [-0.25, -0.2) is 10.6 Å². The minimum Gasteiger partial charge on any atom is -0.443 e. The van der Waals surface area contributed by atoms with E-state index in [1.165, 1.54) is 0 Å². The van der Waals surface area contributed by atoms with Gasteiger partial charge < -0.3 is 25.3 Å². The summed E-state index contributed by atoms with van der Waals surface area (Å²) in [7, 11) is 0. The van der Waals surface area contributed by atoms with E-state index >= 15 is 0 Å². The molecule has 32 heavy (non-hydrogen) atoms. The molecule has 1 aromatic rings. The third kappa shape index (κ3) is 10.7. The van der Waals surface area contributed by atoms with Gasteiger partial charge in [0.15, 0.2) is 0 Å². The molecule has 1 rings (SSSR count). The zero-order valence-corrected chi connectivity index (χ0v) is 19.7. The van der Waals surface area contributed by atoms with Crippen LogP contribution in [0.4, 0.5) is 4.79 Å². The first-order chi connectivity index (χ1) is 14.7. The first kappa shape index (κ1) is 27.5. The highest BCUT2D eigenvalue weighted by Gasteiger charge is 2.32. The van der Waals surface area contributed by atoms with Crippen molar-refractivity contribution in [3.63, 3.8) is 0 Å². The number of carbonyl (C=O) groups is 3. The summed E-state index contributed by atoms with van der Waals surface area (Å²) in [4.78, 5) is 37.6. The predicted octanol–water partition coefficient (Wildman–Crippen LogP) is 1.47. The van der Waals surface area contributed by atoms with Crippen molar-refractivity contribution in [3.05, 3.63) is 35.9 Å². The Morgan fingerprint density at radius 1 is 0.969 bits per heavy atom. The fourth-order valence-corrected chi connectivity index (χ4v) is 2.25. The number of nitrogens with zero attached hydrogens (tertiary/aromatic N) is 1. The number of hydrazine groups is 1. The van der Waals surface area contributed by atoms with Crippen molar-refractivity contribution in [2.24, 2.45) is 11.6 Å². The number of benzene rings is 1. The highest BCUT2D eigenvalue weighted by atomic mass is 16.6. The lowest BCUT2D eigenvalue weighted by molar-refractivity contribution is -0.140. The lowest BCUT2D eigenvalue weighted by Crippen LogP contribution is -2.58. The zero-order chi connectivity index (χ0) is 24.5. The summed E-state index contributed by atoms with van der Waals surface area (Å²) in [6.07, 6.45) is -1.06. The van der Waals surface area contributed by atoms with Crippen LogP contribution in [0.3, 0.4) is 0 Å². The maximum absolute atomic E-state index is 12.8. The molecule has 10 heteroatoms. The number of rotatable bonds is 9. The van der Waals surface area contributed by atoms with Crippen molar-refractivity contribution in [2.75, 3.05) is 13.2 Å². The van der Waals surface area contributed by atoms with Crippen molar-refractivity contribution in [1.82, 2.24) is 10.3 Å². The summed E-state index contributed by atoms with van der Waals surface area (Å²) >= 11 is 0. The molecule has 0 heterocycles. The van der Waals surface area contributed by atoms with Crippen LogP contribution in [-0.2, 0) is 30.4 Å². The van der Waals surface area contributed by atoms with Gasteiger partial charge in [-0.05, 0) is 47.1 Å². The van der Waals surface area contributed by atoms with E-state index < -0.39 is 41.2 Å². The first-order valence-electron chi connectivity index (χ1n) is 10.3. The Morgan fingerprint density at radius 3 is 2.03 bits per heavy atom. The molecule has 2 unspecified atom stereocenters. The molecule has 1 aromatic carbocycles. The SMILES string of the molecule is CC(C)(C)OCC(N)C(=O)NC(COC(C)(C)C)C(=O)N(N)C(=O)OCc1ccccc1. The number of carbonyl (C=O) groups excluding carboxylic acids is 3. The molecule has 0 aliphatic carbocycles. The van der Waals surface area contributed by atoms with Gasteiger partial charge in [-0.15, -0.1) is 0 Å². The van der Waals surface area contributed by atoms with Crippen molar-refractivity contribution >= 4 is 17.9 Å². The second kappa shape index (κ2) is 11.9. The van der Waals surface area contributed by atoms with Crippen LogP contribution >= 0.6 is 0 Å². The third-order valence-corrected chi connectivity index (χ3v) is 3.97. The average Bonchev–Trinajstić information content (AvgIpc) is 2.71. The monoisotopic (exact) mass is 452 g/mol. The Bertz CT molecular complexity index is 758. The highest BCUT2D eigenvalue weighted by Crippen LogP contribution is 2.10. The minimum atomic E-state index is -1.25. The molecule has 0 spiro atoms. The van der Waals surface area contributed by atoms with E-state index in [1.54, 1.807) is 45.0 Å². The van der Waals surface area contributed by atoms with Crippen molar-refractivity contribution < 1.29 is 28.6 Å². The largest absolute Gasteiger partial charge is 0.443 e. The summed E-state index contributed by atoms with van der Waals surface area (Å²) in [5.74, 6) is 4.14. The Balaban J connectivity index is 2.80. The van der Waals surface area contributed by atoms with Gasteiger partial charge in [0.05, 0.1) is 24.4 Å². The molecule has 0 saturated carbocycles. The summed E-state index contributed by atoms with van der Waals surface area (Å²) in [6, 6.07) is 6.64. The van der Waals surface area contributed by atoms with Gasteiger partial charge in [-0.3, -0.25) is 9.59 Å². The topological polar surface area (TPSA) is 146 Å². The molecule has 5 N–H and O–H groups in total. The molecule has 2 atom stereocenters. The van der Waals surface area contributed by atoms with Crippen LogP contribution in [0.1, 0.15) is 47.1 Å². The second-order valence-electron chi connectivity index (χ2n) is 9.26. The van der Waals surface area contributed by atoms with Crippen molar-refractivity contribution in [3.8, 4) is 0 Å². The molecule has 3 amide bonds. The lowest BCUT2D eigenvalue weighted by atomic mass is 10.1. The van der Waals surface area contributed by atoms with Gasteiger partial charge in [0.25, 0.3) is 5.91 Å². The first-order valence-corrected chi connectivity index (χ1v) is 10.3. The predicted molar refractivity (Wildman–Crippen MR) is 119 cm³/mol. The number of imide groups is 1. The van der Waals surface area contributed by atoms with Gasteiger partial charge in [-0.1, -0.05) is 30.3 Å². The summed E-state index contributed by atoms with van der Waals surface area (Å²) < 4.78 is 16.2. The lowest BCUT2D eigenvalue weighted by Gasteiger charge is -2.28. The smallest absolute Gasteiger partial charge is 0.431 e. The van der Waals surface area contributed by atoms with Crippen molar-refractivity contribution in [2.45, 2.75) is 71.4 Å². The molecule has 0 saturated heterocycles. The Morgan fingerprint density at radius 2 is 1.50 bits per heavy atom. The standard InChI is InChI=1S/C22H36N4O6/c1-21(2,3)31-13-16(23)18(27)25-17(14-32-22(4,5)6)19(28)26(24)20(29)30-12-15-10-8-7-9-11-15/h7-11,16-17H,12-14,23-24H2,1-6H3,(H,25,27). The number of hydrogen-bond donors (Lipinski definition) is 3. The molecular formula is C22H36N4O6. The fraction of sp³-hybridized carbons (Fsp3) is 0.591. The Kier molecular flexibility index (Phi) is 10.2. The van der Waals surface area contributed by atoms with Gasteiger partial charge in [0.1, 0.15) is 18.7 Å². The van der Waals surface area contributed by atoms with E-state index in [0.29, 0.717) is 5.01 Å². The highest BCUT2D eigenvalue weighted by molar-refractivity contribution is 5.97. The number of ether oxygens (including phenoxy) is 3. The van der Waals surface area contributed by atoms with Crippen LogP contribution in [0.5, 0.6) is 0 Å². The molecular weight excluding hydrogens is 416 g/mol. The number of nitrogens with one attached hydrogen (secondary N) is 1. The molecule has 0 fully saturated rings. The third-order valence-electron chi connectivity index (χ3n) is 3.97. The molecule has 0 aliphatic rings. The number of nitrogens with two attached hydrogens (primary N) is 2. The maximum atomic E-state index is 12.8. The summed E-state index contributed by atoms with van der Waals surface area (Å²) in [5, 5.41) is 2.80. The van der Waals surface area contributed by atoms with Gasteiger partial charge >= 0.3 is 6.09 Å². The van der Waals surface area contributed by atoms with E-state index in [2.05, 4.69) is 5.32 Å². The fourth-order valence-electron chi connectivity index (χ4n) is 2.25. The summed E-state index contributed by atoms with van der Waals surface area (Å²) in [5.41, 5.74) is 5.52. The van der Waals surface area contributed by atoms with Crippen LogP contribution < -0.4 is 16.9 Å². The average molecular weight is 453 g/mol. The molecule has 0 bridgehead atoms. The molecule has 180 valence electrons. The Hall–Kier alpha value is -2.53.